The zero-order chi connectivity index (χ0) is 16.1. The van der Waals surface area contributed by atoms with Gasteiger partial charge in [0, 0.05) is 18.6 Å². The molecule has 3 unspecified atom stereocenters. The fourth-order valence-electron chi connectivity index (χ4n) is 1.10. The van der Waals surface area contributed by atoms with Crippen molar-refractivity contribution >= 4 is 16.9 Å². The highest BCUT2D eigenvalue weighted by Crippen LogP contribution is 2.36. The van der Waals surface area contributed by atoms with E-state index in [1.807, 2.05) is 0 Å². The lowest BCUT2D eigenvalue weighted by atomic mass is 10.0. The predicted molar refractivity (Wildman–Crippen MR) is 58.1 cm³/mol. The molecule has 0 amide bonds. The lowest BCUT2D eigenvalue weighted by Gasteiger charge is -2.25. The molecule has 0 aromatic rings. The Kier molecular flexibility index (Phi) is 7.26. The van der Waals surface area contributed by atoms with Gasteiger partial charge < -0.3 is 0 Å². The second kappa shape index (κ2) is 7.46. The zero-order valence-electron chi connectivity index (χ0n) is 10.2. The van der Waals surface area contributed by atoms with Crippen LogP contribution in [0.1, 0.15) is 19.8 Å². The summed E-state index contributed by atoms with van der Waals surface area (Å²) in [7, 11) is 0. The summed E-state index contributed by atoms with van der Waals surface area (Å²) in [6.07, 6.45) is -19.4. The normalized spacial score (nSPS) is 17.6. The molecule has 0 bridgehead atoms. The molecule has 0 aliphatic rings. The minimum atomic E-state index is -5.76. The SMILES string of the molecule is CCC(=O)SCCC(F)(F)C(F)C(F)C(F)C(F)(F)F. The van der Waals surface area contributed by atoms with Gasteiger partial charge in [0.15, 0.2) is 17.5 Å². The molecule has 3 atom stereocenters. The first-order valence-electron chi connectivity index (χ1n) is 5.45. The van der Waals surface area contributed by atoms with Crippen molar-refractivity contribution in [1.29, 1.82) is 0 Å². The van der Waals surface area contributed by atoms with Gasteiger partial charge in [-0.2, -0.15) is 13.2 Å². The molecule has 0 aromatic heterocycles. The van der Waals surface area contributed by atoms with E-state index < -0.39 is 47.9 Å². The van der Waals surface area contributed by atoms with E-state index in [1.165, 1.54) is 6.92 Å². The van der Waals surface area contributed by atoms with E-state index in [0.29, 0.717) is 11.8 Å². The lowest BCUT2D eigenvalue weighted by molar-refractivity contribution is -0.215. The Morgan fingerprint density at radius 1 is 1.05 bits per heavy atom. The van der Waals surface area contributed by atoms with Crippen molar-refractivity contribution in [2.75, 3.05) is 5.75 Å². The molecular weight excluding hydrogens is 320 g/mol. The lowest BCUT2D eigenvalue weighted by Crippen LogP contribution is -2.47. The van der Waals surface area contributed by atoms with Gasteiger partial charge in [0.05, 0.1) is 0 Å². The minimum absolute atomic E-state index is 0.0294. The molecule has 120 valence electrons. The summed E-state index contributed by atoms with van der Waals surface area (Å²) in [5.74, 6) is -5.09. The number of thioether (sulfide) groups is 1. The average molecular weight is 332 g/mol. The summed E-state index contributed by atoms with van der Waals surface area (Å²) in [6.45, 7) is 1.44. The number of carbonyl (C=O) groups excluding carboxylic acids is 1. The molecule has 1 nitrogen and oxygen atoms in total. The molecular formula is C10H12F8OS. The summed E-state index contributed by atoms with van der Waals surface area (Å²) in [6, 6.07) is 0. The largest absolute Gasteiger partial charge is 0.422 e. The first kappa shape index (κ1) is 19.5. The van der Waals surface area contributed by atoms with Crippen LogP contribution in [0.25, 0.3) is 0 Å². The first-order chi connectivity index (χ1) is 8.93. The predicted octanol–water partition coefficient (Wildman–Crippen LogP) is 4.26. The Balaban J connectivity index is 4.56. The minimum Gasteiger partial charge on any atom is -0.287 e. The first-order valence-corrected chi connectivity index (χ1v) is 6.44. The van der Waals surface area contributed by atoms with Gasteiger partial charge in [-0.25, -0.2) is 22.0 Å². The molecule has 10 heteroatoms. The third kappa shape index (κ3) is 5.84. The molecule has 0 saturated carbocycles. The summed E-state index contributed by atoms with van der Waals surface area (Å²) in [5.41, 5.74) is 0. The molecule has 0 aromatic carbocycles. The molecule has 0 heterocycles. The van der Waals surface area contributed by atoms with Crippen molar-refractivity contribution in [2.45, 2.75) is 50.4 Å². The van der Waals surface area contributed by atoms with Gasteiger partial charge >= 0.3 is 6.18 Å². The Morgan fingerprint density at radius 2 is 1.55 bits per heavy atom. The van der Waals surface area contributed by atoms with Crippen molar-refractivity contribution in [3.8, 4) is 0 Å². The van der Waals surface area contributed by atoms with Gasteiger partial charge in [-0.3, -0.25) is 4.79 Å². The van der Waals surface area contributed by atoms with Crippen LogP contribution in [0, 0.1) is 0 Å². The van der Waals surface area contributed by atoms with Crippen LogP contribution >= 0.6 is 11.8 Å². The van der Waals surface area contributed by atoms with Crippen LogP contribution in [0.2, 0.25) is 0 Å². The average Bonchev–Trinajstić information content (AvgIpc) is 2.34. The topological polar surface area (TPSA) is 17.1 Å². The van der Waals surface area contributed by atoms with Gasteiger partial charge in [0.1, 0.15) is 0 Å². The smallest absolute Gasteiger partial charge is 0.287 e. The van der Waals surface area contributed by atoms with Gasteiger partial charge in [-0.05, 0) is 0 Å². The highest BCUT2D eigenvalue weighted by molar-refractivity contribution is 8.13. The van der Waals surface area contributed by atoms with Crippen LogP contribution in [0.5, 0.6) is 0 Å². The standard InChI is InChI=1S/C10H12F8OS/c1-2-5(19)20-4-3-9(14,15)7(12)6(11)8(13)10(16,17)18/h6-8H,2-4H2,1H3. The maximum absolute atomic E-state index is 13.1. The van der Waals surface area contributed by atoms with Gasteiger partial charge in [-0.15, -0.1) is 0 Å². The number of carbonyl (C=O) groups is 1. The Bertz CT molecular complexity index is 319. The highest BCUT2D eigenvalue weighted by Gasteiger charge is 2.55. The van der Waals surface area contributed by atoms with E-state index in [4.69, 9.17) is 0 Å². The van der Waals surface area contributed by atoms with Crippen molar-refractivity contribution in [2.24, 2.45) is 0 Å². The van der Waals surface area contributed by atoms with Gasteiger partial charge in [0.2, 0.25) is 6.17 Å². The van der Waals surface area contributed by atoms with Crippen molar-refractivity contribution in [1.82, 2.24) is 0 Å². The fourth-order valence-corrected chi connectivity index (χ4v) is 1.91. The molecule has 0 radical (unpaired) electrons. The van der Waals surface area contributed by atoms with Crippen molar-refractivity contribution < 1.29 is 39.9 Å². The highest BCUT2D eigenvalue weighted by atomic mass is 32.2. The van der Waals surface area contributed by atoms with Crippen molar-refractivity contribution in [3.05, 3.63) is 0 Å². The number of hydrogen-bond donors (Lipinski definition) is 0. The monoisotopic (exact) mass is 332 g/mol. The van der Waals surface area contributed by atoms with E-state index in [-0.39, 0.29) is 6.42 Å². The summed E-state index contributed by atoms with van der Waals surface area (Å²) in [5, 5.41) is -0.480. The maximum Gasteiger partial charge on any atom is 0.422 e. The van der Waals surface area contributed by atoms with E-state index in [1.54, 1.807) is 0 Å². The third-order valence-corrected chi connectivity index (χ3v) is 3.28. The number of halogens is 8. The van der Waals surface area contributed by atoms with Crippen LogP contribution < -0.4 is 0 Å². The number of rotatable bonds is 7. The van der Waals surface area contributed by atoms with Gasteiger partial charge in [-0.1, -0.05) is 18.7 Å². The molecule has 0 rings (SSSR count). The summed E-state index contributed by atoms with van der Waals surface area (Å²) < 4.78 is 99.8. The van der Waals surface area contributed by atoms with E-state index in [2.05, 4.69) is 0 Å². The molecule has 0 N–H and O–H groups in total. The molecule has 0 fully saturated rings. The maximum atomic E-state index is 13.1. The van der Waals surface area contributed by atoms with Crippen LogP contribution in [-0.4, -0.2) is 41.5 Å². The van der Waals surface area contributed by atoms with Crippen LogP contribution in [-0.2, 0) is 4.79 Å². The number of alkyl halides is 8. The third-order valence-electron chi connectivity index (χ3n) is 2.26. The van der Waals surface area contributed by atoms with Crippen LogP contribution in [0.15, 0.2) is 0 Å². The number of hydrogen-bond acceptors (Lipinski definition) is 2. The molecule has 0 spiro atoms. The van der Waals surface area contributed by atoms with Crippen LogP contribution in [0.3, 0.4) is 0 Å². The van der Waals surface area contributed by atoms with E-state index >= 15 is 0 Å². The van der Waals surface area contributed by atoms with Gasteiger partial charge in [0.25, 0.3) is 5.92 Å². The molecule has 0 aliphatic heterocycles. The van der Waals surface area contributed by atoms with Crippen LogP contribution in [0.4, 0.5) is 35.1 Å². The van der Waals surface area contributed by atoms with Crippen molar-refractivity contribution in [3.63, 3.8) is 0 Å². The molecule has 0 saturated heterocycles. The zero-order valence-corrected chi connectivity index (χ0v) is 11.0. The second-order valence-corrected chi connectivity index (χ2v) is 5.03. The second-order valence-electron chi connectivity index (χ2n) is 3.87. The van der Waals surface area contributed by atoms with E-state index in [9.17, 15) is 39.9 Å². The summed E-state index contributed by atoms with van der Waals surface area (Å²) in [4.78, 5) is 10.8. The Labute approximate surface area is 114 Å². The summed E-state index contributed by atoms with van der Waals surface area (Å²) >= 11 is 0.422. The Morgan fingerprint density at radius 3 is 1.95 bits per heavy atom. The molecule has 0 aliphatic carbocycles. The molecule has 20 heavy (non-hydrogen) atoms. The fraction of sp³-hybridized carbons (Fsp3) is 0.900. The van der Waals surface area contributed by atoms with E-state index in [0.717, 1.165) is 0 Å². The Hall–Kier alpha value is -0.540. The quantitative estimate of drug-likeness (QED) is 0.648.